The lowest BCUT2D eigenvalue weighted by molar-refractivity contribution is 0.0948. The molecular weight excluding hydrogens is 400 g/mol. The van der Waals surface area contributed by atoms with Crippen molar-refractivity contribution in [2.24, 2.45) is 0 Å². The van der Waals surface area contributed by atoms with Crippen molar-refractivity contribution in [3.63, 3.8) is 0 Å². The van der Waals surface area contributed by atoms with Gasteiger partial charge in [-0.2, -0.15) is 0 Å². The van der Waals surface area contributed by atoms with Crippen molar-refractivity contribution >= 4 is 40.4 Å². The zero-order chi connectivity index (χ0) is 19.9. The topological polar surface area (TPSA) is 93.2 Å². The van der Waals surface area contributed by atoms with Gasteiger partial charge in [0.15, 0.2) is 0 Å². The largest absolute Gasteiger partial charge is 0.494 e. The molecule has 3 aromatic rings. The van der Waals surface area contributed by atoms with E-state index in [1.165, 1.54) is 0 Å². The summed E-state index contributed by atoms with van der Waals surface area (Å²) in [4.78, 5) is 24.6. The molecular formula is C19H17ClN4O3S. The van der Waals surface area contributed by atoms with E-state index in [2.05, 4.69) is 20.8 Å². The molecule has 0 aliphatic heterocycles. The fourth-order valence-electron chi connectivity index (χ4n) is 2.35. The number of halogens is 1. The van der Waals surface area contributed by atoms with Gasteiger partial charge in [-0.15, -0.1) is 10.2 Å². The molecule has 0 atom stereocenters. The number of nitrogens with zero attached hydrogens (tertiary/aromatic N) is 2. The Kier molecular flexibility index (Phi) is 6.57. The third kappa shape index (κ3) is 5.05. The molecule has 28 heavy (non-hydrogen) atoms. The number of hydrogen-bond donors (Lipinski definition) is 2. The Morgan fingerprint density at radius 2 is 1.82 bits per heavy atom. The maximum Gasteiger partial charge on any atom is 0.286 e. The van der Waals surface area contributed by atoms with Crippen LogP contribution in [0.1, 0.15) is 32.1 Å². The van der Waals surface area contributed by atoms with Gasteiger partial charge in [0, 0.05) is 22.8 Å². The minimum absolute atomic E-state index is 0.0832. The smallest absolute Gasteiger partial charge is 0.286 e. The van der Waals surface area contributed by atoms with E-state index in [9.17, 15) is 9.59 Å². The third-order valence-corrected chi connectivity index (χ3v) is 4.76. The van der Waals surface area contributed by atoms with Crippen molar-refractivity contribution in [3.8, 4) is 5.75 Å². The van der Waals surface area contributed by atoms with Crippen molar-refractivity contribution < 1.29 is 14.3 Å². The highest BCUT2D eigenvalue weighted by molar-refractivity contribution is 7.15. The normalized spacial score (nSPS) is 10.4. The predicted octanol–water partition coefficient (Wildman–Crippen LogP) is 3.77. The second kappa shape index (κ2) is 9.29. The molecule has 144 valence electrons. The molecule has 2 aromatic carbocycles. The Bertz CT molecular complexity index is 993. The molecule has 0 saturated heterocycles. The highest BCUT2D eigenvalue weighted by atomic mass is 35.5. The summed E-state index contributed by atoms with van der Waals surface area (Å²) in [5, 5.41) is 13.7. The maximum atomic E-state index is 12.3. The molecule has 9 heteroatoms. The van der Waals surface area contributed by atoms with E-state index in [0.717, 1.165) is 16.9 Å². The number of rotatable bonds is 7. The van der Waals surface area contributed by atoms with Crippen LogP contribution in [0, 0.1) is 0 Å². The first-order valence-electron chi connectivity index (χ1n) is 8.46. The van der Waals surface area contributed by atoms with Gasteiger partial charge in [-0.05, 0) is 31.2 Å². The van der Waals surface area contributed by atoms with Crippen LogP contribution in [0.4, 0.5) is 5.69 Å². The van der Waals surface area contributed by atoms with Crippen LogP contribution < -0.4 is 15.4 Å². The second-order valence-corrected chi connectivity index (χ2v) is 7.01. The first-order valence-corrected chi connectivity index (χ1v) is 9.65. The first-order chi connectivity index (χ1) is 13.6. The molecule has 3 rings (SSSR count). The summed E-state index contributed by atoms with van der Waals surface area (Å²) < 4.78 is 5.54. The summed E-state index contributed by atoms with van der Waals surface area (Å²) in [5.41, 5.74) is 1.38. The van der Waals surface area contributed by atoms with Crippen molar-refractivity contribution in [2.75, 3.05) is 11.9 Å². The number of carbonyl (C=O) groups is 2. The highest BCUT2D eigenvalue weighted by Crippen LogP contribution is 2.19. The van der Waals surface area contributed by atoms with Gasteiger partial charge in [0.05, 0.1) is 6.61 Å². The quantitative estimate of drug-likeness (QED) is 0.611. The Hall–Kier alpha value is -2.97. The van der Waals surface area contributed by atoms with Gasteiger partial charge in [-0.25, -0.2) is 0 Å². The Morgan fingerprint density at radius 1 is 1.07 bits per heavy atom. The number of hydrogen-bond acceptors (Lipinski definition) is 6. The summed E-state index contributed by atoms with van der Waals surface area (Å²) in [6.07, 6.45) is 0. The van der Waals surface area contributed by atoms with Crippen LogP contribution in [0.2, 0.25) is 5.02 Å². The standard InChI is InChI=1S/C19H17ClN4O3S/c1-2-27-15-9-4-3-6-12(15)11-21-16(25)18-23-24-19(28-18)17(26)22-14-8-5-7-13(20)10-14/h3-10H,2,11H2,1H3,(H,21,25)(H,22,26). The van der Waals surface area contributed by atoms with Gasteiger partial charge >= 0.3 is 0 Å². The van der Waals surface area contributed by atoms with Crippen LogP contribution in [-0.4, -0.2) is 28.6 Å². The van der Waals surface area contributed by atoms with Crippen LogP contribution in [0.3, 0.4) is 0 Å². The van der Waals surface area contributed by atoms with Gasteiger partial charge in [0.25, 0.3) is 11.8 Å². The summed E-state index contributed by atoms with van der Waals surface area (Å²) in [7, 11) is 0. The molecule has 2 N–H and O–H groups in total. The number of amides is 2. The molecule has 7 nitrogen and oxygen atoms in total. The van der Waals surface area contributed by atoms with E-state index >= 15 is 0 Å². The number of carbonyl (C=O) groups excluding carboxylic acids is 2. The zero-order valence-electron chi connectivity index (χ0n) is 14.9. The average molecular weight is 417 g/mol. The molecule has 0 saturated carbocycles. The number of aromatic nitrogens is 2. The van der Waals surface area contributed by atoms with Gasteiger partial charge < -0.3 is 15.4 Å². The molecule has 0 unspecified atom stereocenters. The van der Waals surface area contributed by atoms with Crippen molar-refractivity contribution in [1.82, 2.24) is 15.5 Å². The number of nitrogens with one attached hydrogen (secondary N) is 2. The van der Waals surface area contributed by atoms with E-state index in [0.29, 0.717) is 23.1 Å². The number of ether oxygens (including phenoxy) is 1. The van der Waals surface area contributed by atoms with Gasteiger partial charge in [-0.1, -0.05) is 47.2 Å². The molecule has 0 bridgehead atoms. The highest BCUT2D eigenvalue weighted by Gasteiger charge is 2.18. The minimum atomic E-state index is -0.458. The minimum Gasteiger partial charge on any atom is -0.494 e. The summed E-state index contributed by atoms with van der Waals surface area (Å²) >= 11 is 6.81. The summed E-state index contributed by atoms with van der Waals surface area (Å²) in [6, 6.07) is 14.2. The lowest BCUT2D eigenvalue weighted by Gasteiger charge is -2.10. The Labute approximate surface area is 170 Å². The molecule has 1 aromatic heterocycles. The fraction of sp³-hybridized carbons (Fsp3) is 0.158. The lowest BCUT2D eigenvalue weighted by atomic mass is 10.2. The second-order valence-electron chi connectivity index (χ2n) is 5.60. The van der Waals surface area contributed by atoms with E-state index in [4.69, 9.17) is 16.3 Å². The molecule has 0 radical (unpaired) electrons. The van der Waals surface area contributed by atoms with Gasteiger partial charge in [0.2, 0.25) is 10.0 Å². The van der Waals surface area contributed by atoms with Crippen molar-refractivity contribution in [3.05, 3.63) is 69.1 Å². The zero-order valence-corrected chi connectivity index (χ0v) is 16.5. The molecule has 1 heterocycles. The monoisotopic (exact) mass is 416 g/mol. The number of para-hydroxylation sites is 1. The number of anilines is 1. The molecule has 0 aliphatic carbocycles. The summed E-state index contributed by atoms with van der Waals surface area (Å²) in [6.45, 7) is 2.71. The van der Waals surface area contributed by atoms with E-state index in [-0.39, 0.29) is 16.6 Å². The first kappa shape index (κ1) is 19.8. The van der Waals surface area contributed by atoms with E-state index < -0.39 is 11.8 Å². The Morgan fingerprint density at radius 3 is 2.57 bits per heavy atom. The third-order valence-electron chi connectivity index (χ3n) is 3.61. The fourth-order valence-corrected chi connectivity index (χ4v) is 3.20. The number of benzene rings is 2. The maximum absolute atomic E-state index is 12.3. The predicted molar refractivity (Wildman–Crippen MR) is 108 cm³/mol. The van der Waals surface area contributed by atoms with Gasteiger partial charge in [-0.3, -0.25) is 9.59 Å². The van der Waals surface area contributed by atoms with E-state index in [1.807, 2.05) is 31.2 Å². The van der Waals surface area contributed by atoms with Crippen LogP contribution in [0.5, 0.6) is 5.75 Å². The van der Waals surface area contributed by atoms with Crippen molar-refractivity contribution in [2.45, 2.75) is 13.5 Å². The molecule has 2 amide bonds. The Balaban J connectivity index is 1.62. The summed E-state index contributed by atoms with van der Waals surface area (Å²) in [5.74, 6) is -0.157. The molecule has 0 aliphatic rings. The average Bonchev–Trinajstić information content (AvgIpc) is 3.18. The van der Waals surface area contributed by atoms with Crippen molar-refractivity contribution in [1.29, 1.82) is 0 Å². The van der Waals surface area contributed by atoms with E-state index in [1.54, 1.807) is 24.3 Å². The van der Waals surface area contributed by atoms with Crippen LogP contribution in [-0.2, 0) is 6.54 Å². The molecule has 0 spiro atoms. The molecule has 0 fully saturated rings. The van der Waals surface area contributed by atoms with Crippen LogP contribution in [0.25, 0.3) is 0 Å². The van der Waals surface area contributed by atoms with Gasteiger partial charge in [0.1, 0.15) is 5.75 Å². The van der Waals surface area contributed by atoms with Crippen LogP contribution in [0.15, 0.2) is 48.5 Å². The lowest BCUT2D eigenvalue weighted by Crippen LogP contribution is -2.23. The SMILES string of the molecule is CCOc1ccccc1CNC(=O)c1nnc(C(=O)Nc2cccc(Cl)c2)s1. The van der Waals surface area contributed by atoms with Crippen LogP contribution >= 0.6 is 22.9 Å².